The van der Waals surface area contributed by atoms with Gasteiger partial charge in [0.2, 0.25) is 0 Å². The quantitative estimate of drug-likeness (QED) is 0.795. The van der Waals surface area contributed by atoms with E-state index in [1.807, 2.05) is 25.1 Å². The Morgan fingerprint density at radius 1 is 1.47 bits per heavy atom. The summed E-state index contributed by atoms with van der Waals surface area (Å²) in [6.07, 6.45) is 3.51. The lowest BCUT2D eigenvalue weighted by Gasteiger charge is -2.37. The van der Waals surface area contributed by atoms with E-state index in [1.165, 1.54) is 0 Å². The van der Waals surface area contributed by atoms with Gasteiger partial charge < -0.3 is 10.5 Å². The normalized spacial score (nSPS) is 17.3. The van der Waals surface area contributed by atoms with Crippen LogP contribution in [0.25, 0.3) is 0 Å². The summed E-state index contributed by atoms with van der Waals surface area (Å²) in [7, 11) is 0. The zero-order chi connectivity index (χ0) is 12.3. The maximum atomic E-state index is 12.1. The summed E-state index contributed by atoms with van der Waals surface area (Å²) in [6, 6.07) is 7.34. The molecule has 0 unspecified atom stereocenters. The molecule has 0 atom stereocenters. The van der Waals surface area contributed by atoms with Gasteiger partial charge in [0.15, 0.2) is 5.78 Å². The van der Waals surface area contributed by atoms with Crippen LogP contribution in [0.4, 0.5) is 0 Å². The van der Waals surface area contributed by atoms with Crippen molar-refractivity contribution >= 4 is 5.78 Å². The minimum absolute atomic E-state index is 0.119. The molecular weight excluding hydrogens is 214 g/mol. The number of hydrogen-bond donors (Lipinski definition) is 1. The molecule has 0 radical (unpaired) electrons. The minimum atomic E-state index is -0.251. The zero-order valence-electron chi connectivity index (χ0n) is 10.2. The van der Waals surface area contributed by atoms with Gasteiger partial charge in [-0.2, -0.15) is 0 Å². The van der Waals surface area contributed by atoms with Crippen LogP contribution in [0.2, 0.25) is 0 Å². The number of carbonyl (C=O) groups is 1. The fourth-order valence-electron chi connectivity index (χ4n) is 2.16. The van der Waals surface area contributed by atoms with Gasteiger partial charge in [0.05, 0.1) is 6.61 Å². The molecule has 1 aliphatic carbocycles. The van der Waals surface area contributed by atoms with E-state index < -0.39 is 0 Å². The van der Waals surface area contributed by atoms with Crippen molar-refractivity contribution in [1.82, 2.24) is 0 Å². The highest BCUT2D eigenvalue weighted by Gasteiger charge is 2.34. The number of carbonyl (C=O) groups excluding carboxylic acids is 1. The number of nitrogens with two attached hydrogens (primary N) is 1. The molecule has 17 heavy (non-hydrogen) atoms. The summed E-state index contributed by atoms with van der Waals surface area (Å²) in [4.78, 5) is 12.1. The first-order chi connectivity index (χ1) is 8.13. The molecule has 3 nitrogen and oxygen atoms in total. The Bertz CT molecular complexity index is 410. The van der Waals surface area contributed by atoms with Crippen LogP contribution in [0.1, 0.15) is 43.0 Å². The molecule has 1 aromatic rings. The van der Waals surface area contributed by atoms with Gasteiger partial charge in [0.1, 0.15) is 5.75 Å². The highest BCUT2D eigenvalue weighted by atomic mass is 16.5. The van der Waals surface area contributed by atoms with E-state index in [9.17, 15) is 4.79 Å². The number of ketones is 1. The van der Waals surface area contributed by atoms with Gasteiger partial charge in [-0.05, 0) is 38.3 Å². The summed E-state index contributed by atoms with van der Waals surface area (Å²) in [6.45, 7) is 2.54. The van der Waals surface area contributed by atoms with E-state index in [-0.39, 0.29) is 11.3 Å². The maximum Gasteiger partial charge on any atom is 0.164 e. The lowest BCUT2D eigenvalue weighted by Crippen LogP contribution is -2.48. The highest BCUT2D eigenvalue weighted by Crippen LogP contribution is 2.33. The molecule has 1 fully saturated rings. The summed E-state index contributed by atoms with van der Waals surface area (Å²) in [5.74, 6) is 0.867. The average Bonchev–Trinajstić information content (AvgIpc) is 2.28. The van der Waals surface area contributed by atoms with E-state index in [2.05, 4.69) is 0 Å². The number of ether oxygens (including phenoxy) is 1. The van der Waals surface area contributed by atoms with Crippen LogP contribution in [-0.2, 0) is 0 Å². The van der Waals surface area contributed by atoms with Gasteiger partial charge in [0, 0.05) is 17.5 Å². The Morgan fingerprint density at radius 3 is 2.82 bits per heavy atom. The molecule has 1 aromatic carbocycles. The van der Waals surface area contributed by atoms with Gasteiger partial charge in [-0.1, -0.05) is 12.1 Å². The van der Waals surface area contributed by atoms with Gasteiger partial charge in [-0.15, -0.1) is 0 Å². The summed E-state index contributed by atoms with van der Waals surface area (Å²) in [5.41, 5.74) is 6.54. The van der Waals surface area contributed by atoms with Crippen molar-refractivity contribution in [2.75, 3.05) is 6.61 Å². The summed E-state index contributed by atoms with van der Waals surface area (Å²) >= 11 is 0. The first kappa shape index (κ1) is 12.1. The third kappa shape index (κ3) is 2.86. The van der Waals surface area contributed by atoms with Gasteiger partial charge in [-0.3, -0.25) is 4.79 Å². The van der Waals surface area contributed by atoms with E-state index in [0.717, 1.165) is 25.0 Å². The average molecular weight is 233 g/mol. The fourth-order valence-corrected chi connectivity index (χ4v) is 2.16. The van der Waals surface area contributed by atoms with Gasteiger partial charge in [-0.25, -0.2) is 0 Å². The van der Waals surface area contributed by atoms with Crippen LogP contribution in [0.5, 0.6) is 5.75 Å². The smallest absolute Gasteiger partial charge is 0.164 e. The van der Waals surface area contributed by atoms with Crippen molar-refractivity contribution in [2.24, 2.45) is 5.73 Å². The molecular formula is C14H19NO2. The topological polar surface area (TPSA) is 52.3 Å². The molecule has 3 heteroatoms. The first-order valence-corrected chi connectivity index (χ1v) is 6.18. The molecule has 0 heterocycles. The lowest BCUT2D eigenvalue weighted by molar-refractivity contribution is 0.0912. The van der Waals surface area contributed by atoms with Crippen molar-refractivity contribution in [3.05, 3.63) is 29.8 Å². The highest BCUT2D eigenvalue weighted by molar-refractivity contribution is 5.97. The summed E-state index contributed by atoms with van der Waals surface area (Å²) in [5, 5.41) is 0. The first-order valence-electron chi connectivity index (χ1n) is 6.18. The molecule has 0 bridgehead atoms. The van der Waals surface area contributed by atoms with E-state index >= 15 is 0 Å². The van der Waals surface area contributed by atoms with Gasteiger partial charge >= 0.3 is 0 Å². The van der Waals surface area contributed by atoms with E-state index in [1.54, 1.807) is 6.07 Å². The number of benzene rings is 1. The Balaban J connectivity index is 2.05. The van der Waals surface area contributed by atoms with Gasteiger partial charge in [0.25, 0.3) is 0 Å². The molecule has 92 valence electrons. The Kier molecular flexibility index (Phi) is 3.48. The zero-order valence-corrected chi connectivity index (χ0v) is 10.2. The predicted molar refractivity (Wildman–Crippen MR) is 67.3 cm³/mol. The maximum absolute atomic E-state index is 12.1. The molecule has 0 aromatic heterocycles. The van der Waals surface area contributed by atoms with Crippen molar-refractivity contribution in [2.45, 2.75) is 38.1 Å². The second-order valence-electron chi connectivity index (χ2n) is 4.78. The second-order valence-corrected chi connectivity index (χ2v) is 4.78. The van der Waals surface area contributed by atoms with Crippen LogP contribution in [0.15, 0.2) is 24.3 Å². The van der Waals surface area contributed by atoms with Crippen molar-refractivity contribution in [3.8, 4) is 5.75 Å². The molecule has 0 amide bonds. The largest absolute Gasteiger partial charge is 0.494 e. The number of Topliss-reactive ketones (excluding diaryl/α,β-unsaturated/α-hetero) is 1. The molecule has 1 saturated carbocycles. The monoisotopic (exact) mass is 233 g/mol. The molecule has 0 saturated heterocycles. The predicted octanol–water partition coefficient (Wildman–Crippen LogP) is 2.54. The molecule has 2 N–H and O–H groups in total. The number of hydrogen-bond acceptors (Lipinski definition) is 3. The van der Waals surface area contributed by atoms with E-state index in [4.69, 9.17) is 10.5 Å². The fraction of sp³-hybridized carbons (Fsp3) is 0.500. The third-order valence-electron chi connectivity index (χ3n) is 3.33. The molecule has 0 spiro atoms. The van der Waals surface area contributed by atoms with Crippen LogP contribution in [0, 0.1) is 0 Å². The van der Waals surface area contributed by atoms with Crippen LogP contribution in [-0.4, -0.2) is 17.9 Å². The Labute approximate surface area is 102 Å². The van der Waals surface area contributed by atoms with Crippen LogP contribution in [0.3, 0.4) is 0 Å². The third-order valence-corrected chi connectivity index (χ3v) is 3.33. The molecule has 0 aliphatic heterocycles. The van der Waals surface area contributed by atoms with Crippen molar-refractivity contribution < 1.29 is 9.53 Å². The molecule has 1 aliphatic rings. The SMILES string of the molecule is CCOc1cccc(C(=O)CC2(N)CCC2)c1. The second kappa shape index (κ2) is 4.88. The van der Waals surface area contributed by atoms with Crippen molar-refractivity contribution in [3.63, 3.8) is 0 Å². The number of rotatable bonds is 5. The standard InChI is InChI=1S/C14H19NO2/c1-2-17-12-6-3-5-11(9-12)13(16)10-14(15)7-4-8-14/h3,5-6,9H,2,4,7-8,10,15H2,1H3. The van der Waals surface area contributed by atoms with Crippen molar-refractivity contribution in [1.29, 1.82) is 0 Å². The molecule has 2 rings (SSSR count). The summed E-state index contributed by atoms with van der Waals surface area (Å²) < 4.78 is 5.38. The lowest BCUT2D eigenvalue weighted by atomic mass is 9.74. The Morgan fingerprint density at radius 2 is 2.24 bits per heavy atom. The Hall–Kier alpha value is -1.35. The van der Waals surface area contributed by atoms with E-state index in [0.29, 0.717) is 18.6 Å². The minimum Gasteiger partial charge on any atom is -0.494 e. The van der Waals surface area contributed by atoms with Crippen LogP contribution < -0.4 is 10.5 Å². The van der Waals surface area contributed by atoms with Crippen LogP contribution >= 0.6 is 0 Å².